The van der Waals surface area contributed by atoms with Crippen molar-refractivity contribution in [2.45, 2.75) is 59.9 Å². The average molecular weight is 199 g/mol. The predicted molar refractivity (Wildman–Crippen MR) is 61.1 cm³/mol. The van der Waals surface area contributed by atoms with E-state index in [0.717, 1.165) is 12.8 Å². The lowest BCUT2D eigenvalue weighted by Gasteiger charge is -2.24. The maximum absolute atomic E-state index is 11.4. The van der Waals surface area contributed by atoms with Crippen LogP contribution in [0.3, 0.4) is 0 Å². The van der Waals surface area contributed by atoms with Gasteiger partial charge in [-0.1, -0.05) is 34.6 Å². The molecule has 1 atom stereocenters. The highest BCUT2D eigenvalue weighted by Crippen LogP contribution is 2.12. The lowest BCUT2D eigenvalue weighted by molar-refractivity contribution is -0.122. The minimum Gasteiger partial charge on any atom is -0.353 e. The summed E-state index contributed by atoms with van der Waals surface area (Å²) in [4.78, 5) is 11.4. The van der Waals surface area contributed by atoms with Gasteiger partial charge in [-0.05, 0) is 24.7 Å². The molecule has 1 amide bonds. The van der Waals surface area contributed by atoms with Crippen LogP contribution in [0, 0.1) is 11.8 Å². The van der Waals surface area contributed by atoms with E-state index in [4.69, 9.17) is 0 Å². The van der Waals surface area contributed by atoms with E-state index in [1.165, 1.54) is 0 Å². The van der Waals surface area contributed by atoms with Crippen molar-refractivity contribution in [2.24, 2.45) is 11.8 Å². The van der Waals surface area contributed by atoms with E-state index in [2.05, 4.69) is 33.0 Å². The second kappa shape index (κ2) is 6.86. The molecule has 1 N–H and O–H groups in total. The standard InChI is InChI=1S/C12H25NO/c1-6-7-12(14)13-11(10(4)5)8-9(2)3/h9-11H,6-8H2,1-5H3,(H,13,14). The van der Waals surface area contributed by atoms with Crippen molar-refractivity contribution in [1.82, 2.24) is 5.32 Å². The Bertz CT molecular complexity index is 164. The zero-order chi connectivity index (χ0) is 11.1. The molecule has 0 aliphatic heterocycles. The Morgan fingerprint density at radius 3 is 2.14 bits per heavy atom. The Labute approximate surface area is 88.5 Å². The number of rotatable bonds is 6. The summed E-state index contributed by atoms with van der Waals surface area (Å²) in [6, 6.07) is 0.342. The summed E-state index contributed by atoms with van der Waals surface area (Å²) in [6.07, 6.45) is 2.66. The molecule has 0 aromatic rings. The Morgan fingerprint density at radius 2 is 1.79 bits per heavy atom. The van der Waals surface area contributed by atoms with Gasteiger partial charge in [-0.3, -0.25) is 4.79 Å². The maximum atomic E-state index is 11.4. The summed E-state index contributed by atoms with van der Waals surface area (Å²) in [5, 5.41) is 3.11. The van der Waals surface area contributed by atoms with E-state index in [1.54, 1.807) is 0 Å². The molecule has 0 aromatic carbocycles. The molecule has 0 saturated heterocycles. The SMILES string of the molecule is CCCC(=O)NC(CC(C)C)C(C)C. The van der Waals surface area contributed by atoms with Gasteiger partial charge >= 0.3 is 0 Å². The largest absolute Gasteiger partial charge is 0.353 e. The Kier molecular flexibility index (Phi) is 6.60. The van der Waals surface area contributed by atoms with Crippen molar-refractivity contribution in [2.75, 3.05) is 0 Å². The lowest BCUT2D eigenvalue weighted by Crippen LogP contribution is -2.39. The Balaban J connectivity index is 4.02. The third-order valence-electron chi connectivity index (χ3n) is 2.35. The number of hydrogen-bond donors (Lipinski definition) is 1. The van der Waals surface area contributed by atoms with Crippen LogP contribution in [0.4, 0.5) is 0 Å². The molecule has 2 nitrogen and oxygen atoms in total. The second-order valence-electron chi connectivity index (χ2n) is 4.80. The predicted octanol–water partition coefficient (Wildman–Crippen LogP) is 2.97. The van der Waals surface area contributed by atoms with Gasteiger partial charge in [0.1, 0.15) is 0 Å². The molecule has 2 heteroatoms. The van der Waals surface area contributed by atoms with Crippen LogP contribution in [0.5, 0.6) is 0 Å². The van der Waals surface area contributed by atoms with Gasteiger partial charge in [0.05, 0.1) is 0 Å². The van der Waals surface area contributed by atoms with Gasteiger partial charge in [0.15, 0.2) is 0 Å². The first-order valence-electron chi connectivity index (χ1n) is 5.76. The molecular weight excluding hydrogens is 174 g/mol. The van der Waals surface area contributed by atoms with E-state index in [0.29, 0.717) is 24.3 Å². The molecule has 0 aliphatic carbocycles. The maximum Gasteiger partial charge on any atom is 0.220 e. The molecule has 0 radical (unpaired) electrons. The molecule has 0 aliphatic rings. The van der Waals surface area contributed by atoms with Gasteiger partial charge in [0, 0.05) is 12.5 Å². The highest BCUT2D eigenvalue weighted by molar-refractivity contribution is 5.76. The van der Waals surface area contributed by atoms with Gasteiger partial charge in [-0.25, -0.2) is 0 Å². The van der Waals surface area contributed by atoms with Crippen LogP contribution in [0.15, 0.2) is 0 Å². The van der Waals surface area contributed by atoms with Crippen LogP contribution < -0.4 is 5.32 Å². The number of carbonyl (C=O) groups excluding carboxylic acids is 1. The zero-order valence-corrected chi connectivity index (χ0v) is 10.3. The van der Waals surface area contributed by atoms with Crippen LogP contribution in [0.2, 0.25) is 0 Å². The first kappa shape index (κ1) is 13.5. The molecule has 0 saturated carbocycles. The van der Waals surface area contributed by atoms with E-state index in [-0.39, 0.29) is 5.91 Å². The van der Waals surface area contributed by atoms with E-state index >= 15 is 0 Å². The summed E-state index contributed by atoms with van der Waals surface area (Å²) in [6.45, 7) is 10.8. The zero-order valence-electron chi connectivity index (χ0n) is 10.3. The van der Waals surface area contributed by atoms with Crippen LogP contribution in [0.25, 0.3) is 0 Å². The van der Waals surface area contributed by atoms with Crippen LogP contribution in [0.1, 0.15) is 53.9 Å². The van der Waals surface area contributed by atoms with E-state index < -0.39 is 0 Å². The Hall–Kier alpha value is -0.530. The second-order valence-corrected chi connectivity index (χ2v) is 4.80. The fourth-order valence-corrected chi connectivity index (χ4v) is 1.51. The minimum atomic E-state index is 0.201. The molecule has 1 unspecified atom stereocenters. The van der Waals surface area contributed by atoms with Gasteiger partial charge in [-0.15, -0.1) is 0 Å². The molecular formula is C12H25NO. The molecule has 84 valence electrons. The van der Waals surface area contributed by atoms with Gasteiger partial charge in [-0.2, -0.15) is 0 Å². The van der Waals surface area contributed by atoms with E-state index in [9.17, 15) is 4.79 Å². The topological polar surface area (TPSA) is 29.1 Å². The molecule has 0 heterocycles. The fraction of sp³-hybridized carbons (Fsp3) is 0.917. The van der Waals surface area contributed by atoms with Gasteiger partial charge in [0.2, 0.25) is 5.91 Å². The summed E-state index contributed by atoms with van der Waals surface area (Å²) < 4.78 is 0. The molecule has 0 rings (SSSR count). The summed E-state index contributed by atoms with van der Waals surface area (Å²) in [7, 11) is 0. The minimum absolute atomic E-state index is 0.201. The highest BCUT2D eigenvalue weighted by atomic mass is 16.1. The molecule has 0 spiro atoms. The molecule has 0 aromatic heterocycles. The smallest absolute Gasteiger partial charge is 0.220 e. The van der Waals surface area contributed by atoms with Crippen LogP contribution in [-0.4, -0.2) is 11.9 Å². The van der Waals surface area contributed by atoms with E-state index in [1.807, 2.05) is 6.92 Å². The van der Waals surface area contributed by atoms with Crippen molar-refractivity contribution in [1.29, 1.82) is 0 Å². The molecule has 0 bridgehead atoms. The molecule has 0 fully saturated rings. The number of amides is 1. The normalized spacial score (nSPS) is 13.4. The van der Waals surface area contributed by atoms with Gasteiger partial charge < -0.3 is 5.32 Å². The Morgan fingerprint density at radius 1 is 1.21 bits per heavy atom. The lowest BCUT2D eigenvalue weighted by atomic mass is 9.94. The number of carbonyl (C=O) groups is 1. The van der Waals surface area contributed by atoms with Crippen LogP contribution in [-0.2, 0) is 4.79 Å². The highest BCUT2D eigenvalue weighted by Gasteiger charge is 2.16. The first-order chi connectivity index (χ1) is 6.47. The summed E-state index contributed by atoms with van der Waals surface area (Å²) >= 11 is 0. The fourth-order valence-electron chi connectivity index (χ4n) is 1.51. The summed E-state index contributed by atoms with van der Waals surface area (Å²) in [5.74, 6) is 1.37. The number of hydrogen-bond acceptors (Lipinski definition) is 1. The third kappa shape index (κ3) is 6.01. The average Bonchev–Trinajstić information content (AvgIpc) is 2.02. The third-order valence-corrected chi connectivity index (χ3v) is 2.35. The van der Waals surface area contributed by atoms with Crippen molar-refractivity contribution >= 4 is 5.91 Å². The van der Waals surface area contributed by atoms with Crippen molar-refractivity contribution < 1.29 is 4.79 Å². The summed E-state index contributed by atoms with van der Waals surface area (Å²) in [5.41, 5.74) is 0. The monoisotopic (exact) mass is 199 g/mol. The van der Waals surface area contributed by atoms with Crippen molar-refractivity contribution in [3.63, 3.8) is 0 Å². The van der Waals surface area contributed by atoms with Crippen molar-refractivity contribution in [3.05, 3.63) is 0 Å². The number of nitrogens with one attached hydrogen (secondary N) is 1. The first-order valence-corrected chi connectivity index (χ1v) is 5.76. The van der Waals surface area contributed by atoms with Crippen molar-refractivity contribution in [3.8, 4) is 0 Å². The van der Waals surface area contributed by atoms with Gasteiger partial charge in [0.25, 0.3) is 0 Å². The van der Waals surface area contributed by atoms with Crippen LogP contribution >= 0.6 is 0 Å². The quantitative estimate of drug-likeness (QED) is 0.700. The molecule has 14 heavy (non-hydrogen) atoms.